The number of carbonyl (C=O) groups is 1. The largest absolute Gasteiger partial charge is 0.489 e. The highest BCUT2D eigenvalue weighted by atomic mass is 32.1. The highest BCUT2D eigenvalue weighted by molar-refractivity contribution is 7.09. The second-order valence-corrected chi connectivity index (χ2v) is 6.81. The van der Waals surface area contributed by atoms with E-state index in [1.807, 2.05) is 66.9 Å². The Morgan fingerprint density at radius 1 is 1.15 bits per heavy atom. The molecule has 1 amide bonds. The van der Waals surface area contributed by atoms with Gasteiger partial charge in [0.05, 0.1) is 17.2 Å². The summed E-state index contributed by atoms with van der Waals surface area (Å²) in [7, 11) is 0. The van der Waals surface area contributed by atoms with Crippen molar-refractivity contribution in [1.29, 1.82) is 0 Å². The Labute approximate surface area is 157 Å². The van der Waals surface area contributed by atoms with Crippen LogP contribution in [0, 0.1) is 6.92 Å². The first-order valence-corrected chi connectivity index (χ1v) is 9.21. The molecule has 0 aliphatic heterocycles. The number of benzene rings is 2. The Morgan fingerprint density at radius 3 is 2.62 bits per heavy atom. The van der Waals surface area contributed by atoms with Crippen molar-refractivity contribution in [3.63, 3.8) is 0 Å². The number of hydrogen-bond acceptors (Lipinski definition) is 4. The number of aryl methyl sites for hydroxylation is 1. The number of amides is 1. The maximum Gasteiger partial charge on any atom is 0.244 e. The van der Waals surface area contributed by atoms with Crippen LogP contribution in [0.2, 0.25) is 0 Å². The lowest BCUT2D eigenvalue weighted by Gasteiger charge is -2.06. The predicted molar refractivity (Wildman–Crippen MR) is 105 cm³/mol. The van der Waals surface area contributed by atoms with Gasteiger partial charge in [-0.25, -0.2) is 4.98 Å². The minimum absolute atomic E-state index is 0.139. The van der Waals surface area contributed by atoms with Gasteiger partial charge in [0, 0.05) is 11.5 Å². The van der Waals surface area contributed by atoms with Gasteiger partial charge in [-0.3, -0.25) is 4.79 Å². The molecule has 1 heterocycles. The summed E-state index contributed by atoms with van der Waals surface area (Å²) < 4.78 is 5.75. The smallest absolute Gasteiger partial charge is 0.244 e. The Balaban J connectivity index is 1.47. The lowest BCUT2D eigenvalue weighted by molar-refractivity contribution is -0.116. The van der Waals surface area contributed by atoms with Crippen LogP contribution in [-0.4, -0.2) is 10.9 Å². The lowest BCUT2D eigenvalue weighted by Crippen LogP contribution is -2.20. The highest BCUT2D eigenvalue weighted by Gasteiger charge is 2.00. The van der Waals surface area contributed by atoms with Gasteiger partial charge in [-0.2, -0.15) is 0 Å². The van der Waals surface area contributed by atoms with Gasteiger partial charge in [-0.1, -0.05) is 42.5 Å². The molecule has 0 aliphatic rings. The molecule has 0 spiro atoms. The van der Waals surface area contributed by atoms with Crippen molar-refractivity contribution >= 4 is 23.3 Å². The SMILES string of the molecule is Cc1nc(CNC(=O)/C=C/c2ccc(OCc3ccccc3)cc2)cs1. The van der Waals surface area contributed by atoms with Crippen LogP contribution >= 0.6 is 11.3 Å². The zero-order chi connectivity index (χ0) is 18.2. The van der Waals surface area contributed by atoms with Gasteiger partial charge in [0.15, 0.2) is 0 Å². The molecule has 0 bridgehead atoms. The molecule has 5 heteroatoms. The maximum absolute atomic E-state index is 11.9. The van der Waals surface area contributed by atoms with Crippen LogP contribution in [0.3, 0.4) is 0 Å². The maximum atomic E-state index is 11.9. The number of thiazole rings is 1. The molecule has 26 heavy (non-hydrogen) atoms. The summed E-state index contributed by atoms with van der Waals surface area (Å²) in [5, 5.41) is 5.78. The summed E-state index contributed by atoms with van der Waals surface area (Å²) in [5.41, 5.74) is 2.95. The third-order valence-electron chi connectivity index (χ3n) is 3.67. The Hall–Kier alpha value is -2.92. The fourth-order valence-corrected chi connectivity index (χ4v) is 2.93. The molecule has 0 saturated carbocycles. The average Bonchev–Trinajstić information content (AvgIpc) is 3.10. The molecular formula is C21H20N2O2S. The second kappa shape index (κ2) is 8.97. The first-order chi connectivity index (χ1) is 12.7. The fourth-order valence-electron chi connectivity index (χ4n) is 2.31. The molecule has 132 valence electrons. The van der Waals surface area contributed by atoms with E-state index in [2.05, 4.69) is 10.3 Å². The van der Waals surface area contributed by atoms with E-state index in [4.69, 9.17) is 4.74 Å². The summed E-state index contributed by atoms with van der Waals surface area (Å²) in [4.78, 5) is 16.2. The first-order valence-electron chi connectivity index (χ1n) is 8.33. The average molecular weight is 364 g/mol. The van der Waals surface area contributed by atoms with E-state index in [1.165, 1.54) is 6.08 Å². The summed E-state index contributed by atoms with van der Waals surface area (Å²) in [5.74, 6) is 0.661. The van der Waals surface area contributed by atoms with Gasteiger partial charge < -0.3 is 10.1 Å². The van der Waals surface area contributed by atoms with Gasteiger partial charge in [0.25, 0.3) is 0 Å². The van der Waals surface area contributed by atoms with Crippen LogP contribution in [0.15, 0.2) is 66.1 Å². The molecule has 0 aliphatic carbocycles. The van der Waals surface area contributed by atoms with Crippen molar-refractivity contribution in [2.45, 2.75) is 20.1 Å². The van der Waals surface area contributed by atoms with E-state index >= 15 is 0 Å². The van der Waals surface area contributed by atoms with E-state index in [9.17, 15) is 4.79 Å². The first kappa shape index (κ1) is 17.9. The van der Waals surface area contributed by atoms with Gasteiger partial charge in [0.1, 0.15) is 12.4 Å². The van der Waals surface area contributed by atoms with Crippen LogP contribution in [-0.2, 0) is 17.9 Å². The molecule has 0 radical (unpaired) electrons. The van der Waals surface area contributed by atoms with Crippen LogP contribution < -0.4 is 10.1 Å². The minimum Gasteiger partial charge on any atom is -0.489 e. The van der Waals surface area contributed by atoms with Gasteiger partial charge in [-0.15, -0.1) is 11.3 Å². The van der Waals surface area contributed by atoms with Gasteiger partial charge in [0.2, 0.25) is 5.91 Å². The number of nitrogens with one attached hydrogen (secondary N) is 1. The molecule has 4 nitrogen and oxygen atoms in total. The molecule has 0 saturated heterocycles. The molecular weight excluding hydrogens is 344 g/mol. The number of hydrogen-bond donors (Lipinski definition) is 1. The molecule has 1 N–H and O–H groups in total. The summed E-state index contributed by atoms with van der Waals surface area (Å²) in [6.45, 7) is 2.93. The third-order valence-corrected chi connectivity index (χ3v) is 4.49. The van der Waals surface area contributed by atoms with Crippen molar-refractivity contribution in [3.8, 4) is 5.75 Å². The molecule has 2 aromatic carbocycles. The molecule has 1 aromatic heterocycles. The Morgan fingerprint density at radius 2 is 1.92 bits per heavy atom. The van der Waals surface area contributed by atoms with E-state index in [0.717, 1.165) is 27.6 Å². The quantitative estimate of drug-likeness (QED) is 0.634. The zero-order valence-electron chi connectivity index (χ0n) is 14.5. The topological polar surface area (TPSA) is 51.2 Å². The van der Waals surface area contributed by atoms with Crippen molar-refractivity contribution in [2.24, 2.45) is 0 Å². The van der Waals surface area contributed by atoms with Crippen LogP contribution in [0.1, 0.15) is 21.8 Å². The summed E-state index contributed by atoms with van der Waals surface area (Å²) in [6, 6.07) is 17.7. The lowest BCUT2D eigenvalue weighted by atomic mass is 10.2. The zero-order valence-corrected chi connectivity index (χ0v) is 15.3. The van der Waals surface area contributed by atoms with Gasteiger partial charge >= 0.3 is 0 Å². The van der Waals surface area contributed by atoms with Crippen molar-refractivity contribution in [3.05, 3.63) is 87.9 Å². The van der Waals surface area contributed by atoms with Crippen LogP contribution in [0.25, 0.3) is 6.08 Å². The van der Waals surface area contributed by atoms with E-state index in [-0.39, 0.29) is 5.91 Å². The molecule has 3 rings (SSSR count). The van der Waals surface area contributed by atoms with Crippen LogP contribution in [0.4, 0.5) is 0 Å². The third kappa shape index (κ3) is 5.57. The minimum atomic E-state index is -0.139. The fraction of sp³-hybridized carbons (Fsp3) is 0.143. The number of nitrogens with zero attached hydrogens (tertiary/aromatic N) is 1. The van der Waals surface area contributed by atoms with E-state index in [1.54, 1.807) is 17.4 Å². The highest BCUT2D eigenvalue weighted by Crippen LogP contribution is 2.15. The Kier molecular flexibility index (Phi) is 6.17. The predicted octanol–water partition coefficient (Wildman–Crippen LogP) is 4.36. The molecule has 0 fully saturated rings. The number of ether oxygens (including phenoxy) is 1. The van der Waals surface area contributed by atoms with Crippen LogP contribution in [0.5, 0.6) is 5.75 Å². The summed E-state index contributed by atoms with van der Waals surface area (Å²) >= 11 is 1.58. The van der Waals surface area contributed by atoms with E-state index in [0.29, 0.717) is 13.2 Å². The van der Waals surface area contributed by atoms with Crippen molar-refractivity contribution < 1.29 is 9.53 Å². The molecule has 0 atom stereocenters. The van der Waals surface area contributed by atoms with Crippen molar-refractivity contribution in [1.82, 2.24) is 10.3 Å². The molecule has 0 unspecified atom stereocenters. The number of rotatable bonds is 7. The molecule has 3 aromatic rings. The monoisotopic (exact) mass is 364 g/mol. The number of carbonyl (C=O) groups excluding carboxylic acids is 1. The van der Waals surface area contributed by atoms with Crippen molar-refractivity contribution in [2.75, 3.05) is 0 Å². The number of aromatic nitrogens is 1. The standard InChI is InChI=1S/C21H20N2O2S/c1-16-23-19(15-26-16)13-22-21(24)12-9-17-7-10-20(11-8-17)25-14-18-5-3-2-4-6-18/h2-12,15H,13-14H2,1H3,(H,22,24)/b12-9+. The Bertz CT molecular complexity index is 871. The van der Waals surface area contributed by atoms with E-state index < -0.39 is 0 Å². The second-order valence-electron chi connectivity index (χ2n) is 5.75. The van der Waals surface area contributed by atoms with Gasteiger partial charge in [-0.05, 0) is 36.3 Å². The summed E-state index contributed by atoms with van der Waals surface area (Å²) in [6.07, 6.45) is 3.31. The normalized spacial score (nSPS) is 10.8.